The van der Waals surface area contributed by atoms with E-state index in [9.17, 15) is 24.5 Å². The zero-order valence-electron chi connectivity index (χ0n) is 16.3. The fourth-order valence-corrected chi connectivity index (χ4v) is 4.23. The van der Waals surface area contributed by atoms with Crippen LogP contribution in [0.15, 0.2) is 65.2 Å². The van der Waals surface area contributed by atoms with Gasteiger partial charge in [0.05, 0.1) is 23.3 Å². The highest BCUT2D eigenvalue weighted by molar-refractivity contribution is 9.10. The topological polar surface area (TPSA) is 101 Å². The average Bonchev–Trinajstić information content (AvgIpc) is 3.03. The van der Waals surface area contributed by atoms with Crippen molar-refractivity contribution in [2.75, 3.05) is 0 Å². The predicted molar refractivity (Wildman–Crippen MR) is 114 cm³/mol. The van der Waals surface area contributed by atoms with Crippen LogP contribution in [0.5, 0.6) is 0 Å². The van der Waals surface area contributed by atoms with Crippen molar-refractivity contribution in [1.29, 1.82) is 0 Å². The first-order chi connectivity index (χ1) is 14.9. The highest BCUT2D eigenvalue weighted by atomic mass is 79.9. The van der Waals surface area contributed by atoms with Gasteiger partial charge in [-0.3, -0.25) is 24.5 Å². The largest absolute Gasteiger partial charge is 0.282 e. The zero-order chi connectivity index (χ0) is 22.1. The highest BCUT2D eigenvalue weighted by Gasteiger charge is 2.51. The molecule has 31 heavy (non-hydrogen) atoms. The van der Waals surface area contributed by atoms with Crippen LogP contribution in [0.25, 0.3) is 0 Å². The van der Waals surface area contributed by atoms with Crippen molar-refractivity contribution in [3.63, 3.8) is 0 Å². The van der Waals surface area contributed by atoms with Gasteiger partial charge in [0.2, 0.25) is 0 Å². The molecule has 0 aromatic heterocycles. The second-order valence-corrected chi connectivity index (χ2v) is 8.32. The number of hydrazine groups is 1. The minimum absolute atomic E-state index is 0.0808. The molecule has 1 heterocycles. The van der Waals surface area contributed by atoms with Gasteiger partial charge in [-0.05, 0) is 36.6 Å². The van der Waals surface area contributed by atoms with E-state index in [1.807, 2.05) is 12.2 Å². The second kappa shape index (κ2) is 8.43. The Bertz CT molecular complexity index is 1070. The molecule has 2 aliphatic rings. The molecule has 0 saturated carbocycles. The number of allylic oxidation sites excluding steroid dienone is 2. The Morgan fingerprint density at radius 3 is 2.19 bits per heavy atom. The van der Waals surface area contributed by atoms with Gasteiger partial charge >= 0.3 is 0 Å². The van der Waals surface area contributed by atoms with Crippen molar-refractivity contribution < 1.29 is 19.3 Å². The van der Waals surface area contributed by atoms with Crippen LogP contribution in [0.4, 0.5) is 5.69 Å². The molecule has 3 amide bonds. The van der Waals surface area contributed by atoms with Gasteiger partial charge in [0.25, 0.3) is 23.4 Å². The predicted octanol–water partition coefficient (Wildman–Crippen LogP) is 3.87. The number of carbonyl (C=O) groups excluding carboxylic acids is 3. The van der Waals surface area contributed by atoms with Gasteiger partial charge in [-0.15, -0.1) is 0 Å². The molecule has 1 aliphatic heterocycles. The summed E-state index contributed by atoms with van der Waals surface area (Å²) >= 11 is 3.35. The number of amides is 3. The fourth-order valence-electron chi connectivity index (χ4n) is 3.97. The van der Waals surface area contributed by atoms with Gasteiger partial charge in [0.15, 0.2) is 0 Å². The third kappa shape index (κ3) is 3.88. The van der Waals surface area contributed by atoms with Crippen LogP contribution in [0.1, 0.15) is 28.8 Å². The van der Waals surface area contributed by atoms with Gasteiger partial charge in [0.1, 0.15) is 5.56 Å². The molecule has 0 radical (unpaired) electrons. The van der Waals surface area contributed by atoms with Crippen LogP contribution in [0.3, 0.4) is 0 Å². The number of para-hydroxylation sites is 1. The van der Waals surface area contributed by atoms with E-state index >= 15 is 0 Å². The number of carbonyl (C=O) groups is 3. The van der Waals surface area contributed by atoms with E-state index in [-0.39, 0.29) is 17.8 Å². The maximum absolute atomic E-state index is 13.5. The summed E-state index contributed by atoms with van der Waals surface area (Å²) < 4.78 is 0.832. The standard InChI is InChI=1S/C22H18BrN3O5/c23-15-11-9-14(10-12-15)13-24(20(27)18-7-3-4-8-19(18)26(30)31)25-21(28)16-5-1-2-6-17(16)22(25)29/h1-4,7-12,16-17H,5-6,13H2/t16-,17-/m1/s1. The molecule has 2 aromatic rings. The van der Waals surface area contributed by atoms with Crippen LogP contribution in [-0.2, 0) is 16.1 Å². The molecule has 0 bridgehead atoms. The lowest BCUT2D eigenvalue weighted by atomic mass is 9.85. The van der Waals surface area contributed by atoms with E-state index in [2.05, 4.69) is 15.9 Å². The van der Waals surface area contributed by atoms with Crippen LogP contribution >= 0.6 is 15.9 Å². The first kappa shape index (κ1) is 20.9. The van der Waals surface area contributed by atoms with Gasteiger partial charge < -0.3 is 0 Å². The Hall–Kier alpha value is -3.33. The van der Waals surface area contributed by atoms with Crippen molar-refractivity contribution in [3.05, 3.63) is 86.4 Å². The van der Waals surface area contributed by atoms with E-state index in [1.54, 1.807) is 24.3 Å². The van der Waals surface area contributed by atoms with E-state index in [4.69, 9.17) is 0 Å². The van der Waals surface area contributed by atoms with Crippen LogP contribution in [0, 0.1) is 22.0 Å². The Balaban J connectivity index is 1.76. The van der Waals surface area contributed by atoms with Crippen molar-refractivity contribution in [3.8, 4) is 0 Å². The lowest BCUT2D eigenvalue weighted by Crippen LogP contribution is -2.49. The van der Waals surface area contributed by atoms with Gasteiger partial charge in [-0.1, -0.05) is 52.3 Å². The second-order valence-electron chi connectivity index (χ2n) is 7.41. The van der Waals surface area contributed by atoms with Gasteiger partial charge in [0, 0.05) is 10.5 Å². The number of nitro groups is 1. The summed E-state index contributed by atoms with van der Waals surface area (Å²) in [5, 5.41) is 13.4. The molecule has 1 saturated heterocycles. The van der Waals surface area contributed by atoms with E-state index < -0.39 is 34.5 Å². The molecule has 0 unspecified atom stereocenters. The van der Waals surface area contributed by atoms with Crippen LogP contribution < -0.4 is 0 Å². The first-order valence-electron chi connectivity index (χ1n) is 9.71. The highest BCUT2D eigenvalue weighted by Crippen LogP contribution is 2.37. The summed E-state index contributed by atoms with van der Waals surface area (Å²) in [4.78, 5) is 50.6. The number of fused-ring (bicyclic) bond motifs is 1. The minimum atomic E-state index is -0.775. The molecule has 4 rings (SSSR count). The normalized spacial score (nSPS) is 20.0. The number of hydrogen-bond acceptors (Lipinski definition) is 5. The third-order valence-corrected chi connectivity index (χ3v) is 6.07. The monoisotopic (exact) mass is 483 g/mol. The summed E-state index contributed by atoms with van der Waals surface area (Å²) in [5.41, 5.74) is 0.105. The molecule has 1 aliphatic carbocycles. The lowest BCUT2D eigenvalue weighted by Gasteiger charge is -2.30. The quantitative estimate of drug-likeness (QED) is 0.278. The maximum Gasteiger partial charge on any atom is 0.282 e. The Kier molecular flexibility index (Phi) is 5.69. The molecule has 2 aromatic carbocycles. The van der Waals surface area contributed by atoms with E-state index in [0.29, 0.717) is 18.4 Å². The number of nitro benzene ring substituents is 1. The molecular weight excluding hydrogens is 466 g/mol. The zero-order valence-corrected chi connectivity index (χ0v) is 17.9. The summed E-state index contributed by atoms with van der Waals surface area (Å²) in [6, 6.07) is 12.6. The number of halogens is 1. The molecule has 0 spiro atoms. The number of nitrogens with zero attached hydrogens (tertiary/aromatic N) is 3. The van der Waals surface area contributed by atoms with Crippen molar-refractivity contribution >= 4 is 39.3 Å². The summed E-state index contributed by atoms with van der Waals surface area (Å²) in [6.45, 7) is -0.0808. The maximum atomic E-state index is 13.5. The molecular formula is C22H18BrN3O5. The first-order valence-corrected chi connectivity index (χ1v) is 10.5. The Morgan fingerprint density at radius 2 is 1.61 bits per heavy atom. The Labute approximate surface area is 186 Å². The fraction of sp³-hybridized carbons (Fsp3) is 0.227. The average molecular weight is 484 g/mol. The summed E-state index contributed by atoms with van der Waals surface area (Å²) in [6.07, 6.45) is 4.58. The number of rotatable bonds is 5. The molecule has 1 fully saturated rings. The molecule has 0 N–H and O–H groups in total. The van der Waals surface area contributed by atoms with Crippen molar-refractivity contribution in [2.45, 2.75) is 19.4 Å². The van der Waals surface area contributed by atoms with Crippen LogP contribution in [-0.4, -0.2) is 32.7 Å². The van der Waals surface area contributed by atoms with Crippen LogP contribution in [0.2, 0.25) is 0 Å². The third-order valence-electron chi connectivity index (χ3n) is 5.54. The Morgan fingerprint density at radius 1 is 1.03 bits per heavy atom. The SMILES string of the molecule is O=C(c1ccccc1[N+](=O)[O-])N(Cc1ccc(Br)cc1)N1C(=O)[C@@H]2CC=CC[C@H]2C1=O. The van der Waals surface area contributed by atoms with Gasteiger partial charge in [-0.25, -0.2) is 5.01 Å². The van der Waals surface area contributed by atoms with Crippen molar-refractivity contribution in [1.82, 2.24) is 10.0 Å². The smallest absolute Gasteiger partial charge is 0.272 e. The van der Waals surface area contributed by atoms with E-state index in [0.717, 1.165) is 14.5 Å². The van der Waals surface area contributed by atoms with Crippen molar-refractivity contribution in [2.24, 2.45) is 11.8 Å². The summed E-state index contributed by atoms with van der Waals surface area (Å²) in [7, 11) is 0. The molecule has 8 nitrogen and oxygen atoms in total. The molecule has 9 heteroatoms. The molecule has 2 atom stereocenters. The number of hydrogen-bond donors (Lipinski definition) is 0. The molecule has 158 valence electrons. The minimum Gasteiger partial charge on any atom is -0.272 e. The summed E-state index contributed by atoms with van der Waals surface area (Å²) in [5.74, 6) is -2.73. The van der Waals surface area contributed by atoms with Gasteiger partial charge in [-0.2, -0.15) is 5.01 Å². The van der Waals surface area contributed by atoms with E-state index in [1.165, 1.54) is 24.3 Å². The lowest BCUT2D eigenvalue weighted by molar-refractivity contribution is -0.385. The number of imide groups is 1. The number of benzene rings is 2.